The number of anilines is 1. The second-order valence-corrected chi connectivity index (χ2v) is 8.74. The first kappa shape index (κ1) is 26.2. The number of benzene rings is 2. The molecule has 1 atom stereocenters. The van der Waals surface area contributed by atoms with Crippen molar-refractivity contribution in [3.05, 3.63) is 100 Å². The molecule has 13 heteroatoms. The van der Waals surface area contributed by atoms with Crippen molar-refractivity contribution >= 4 is 34.4 Å². The van der Waals surface area contributed by atoms with Crippen molar-refractivity contribution in [2.45, 2.75) is 25.7 Å². The van der Waals surface area contributed by atoms with Crippen molar-refractivity contribution in [3.8, 4) is 5.75 Å². The molecule has 5 rings (SSSR count). The van der Waals surface area contributed by atoms with Crippen molar-refractivity contribution in [2.24, 2.45) is 0 Å². The van der Waals surface area contributed by atoms with Crippen LogP contribution in [-0.4, -0.2) is 42.4 Å². The van der Waals surface area contributed by atoms with E-state index in [9.17, 15) is 18.7 Å². The number of carbonyl (C=O) groups is 1. The number of aromatic amines is 1. The van der Waals surface area contributed by atoms with Crippen LogP contribution in [0.15, 0.2) is 67.0 Å². The Bertz CT molecular complexity index is 1640. The maximum atomic E-state index is 15.2. The summed E-state index contributed by atoms with van der Waals surface area (Å²) in [4.78, 5) is 21.7. The zero-order valence-corrected chi connectivity index (χ0v) is 21.0. The Morgan fingerprint density at radius 2 is 1.95 bits per heavy atom. The minimum atomic E-state index is -3.04. The van der Waals surface area contributed by atoms with Crippen LogP contribution in [0.1, 0.15) is 34.2 Å². The summed E-state index contributed by atoms with van der Waals surface area (Å²) in [6, 6.07) is 12.2. The second kappa shape index (κ2) is 10.4. The third-order valence-corrected chi connectivity index (χ3v) is 6.38. The molecule has 1 unspecified atom stereocenters. The number of H-pyrrole nitrogens is 1. The molecule has 0 fully saturated rings. The topological polar surface area (TPSA) is 118 Å². The largest absolute Gasteiger partial charge is 0.435 e. The van der Waals surface area contributed by atoms with Crippen LogP contribution in [0.3, 0.4) is 0 Å². The molecule has 0 aliphatic heterocycles. The highest BCUT2D eigenvalue weighted by Crippen LogP contribution is 2.40. The van der Waals surface area contributed by atoms with Gasteiger partial charge in [-0.3, -0.25) is 9.89 Å². The molecule has 39 heavy (non-hydrogen) atoms. The van der Waals surface area contributed by atoms with Gasteiger partial charge in [-0.15, -0.1) is 0 Å². The van der Waals surface area contributed by atoms with Gasteiger partial charge in [-0.05, 0) is 36.8 Å². The van der Waals surface area contributed by atoms with E-state index in [2.05, 4.69) is 30.2 Å². The number of nitrogens with zero attached hydrogens (tertiary/aromatic N) is 4. The van der Waals surface area contributed by atoms with Gasteiger partial charge in [-0.25, -0.2) is 14.4 Å². The number of amides is 1. The van der Waals surface area contributed by atoms with E-state index in [4.69, 9.17) is 11.6 Å². The van der Waals surface area contributed by atoms with E-state index in [0.717, 1.165) is 0 Å². The van der Waals surface area contributed by atoms with E-state index < -0.39 is 23.9 Å². The highest BCUT2D eigenvalue weighted by molar-refractivity contribution is 6.33. The predicted molar refractivity (Wildman–Crippen MR) is 136 cm³/mol. The third-order valence-electron chi connectivity index (χ3n) is 6.10. The van der Waals surface area contributed by atoms with Crippen molar-refractivity contribution in [1.82, 2.24) is 24.7 Å². The Morgan fingerprint density at radius 1 is 1.21 bits per heavy atom. The molecule has 9 nitrogen and oxygen atoms in total. The first-order valence-corrected chi connectivity index (χ1v) is 12.0. The normalized spacial score (nSPS) is 13.0. The molecule has 5 aromatic rings. The summed E-state index contributed by atoms with van der Waals surface area (Å²) in [6.07, 6.45) is 2.90. The number of carbonyl (C=O) groups excluding carboxylic acids is 1. The number of hydrogen-bond acceptors (Lipinski definition) is 6. The lowest BCUT2D eigenvalue weighted by Crippen LogP contribution is -2.33. The first-order chi connectivity index (χ1) is 18.7. The monoisotopic (exact) mass is 556 g/mol. The number of ether oxygens (including phenoxy) is 1. The quantitative estimate of drug-likeness (QED) is 0.229. The molecular formula is C26H20ClF3N6O3. The van der Waals surface area contributed by atoms with Gasteiger partial charge in [0.2, 0.25) is 0 Å². The maximum Gasteiger partial charge on any atom is 0.387 e. The van der Waals surface area contributed by atoms with Crippen LogP contribution in [0.5, 0.6) is 5.75 Å². The molecule has 0 saturated carbocycles. The lowest BCUT2D eigenvalue weighted by Gasteiger charge is -2.30. The molecule has 0 saturated heterocycles. The molecular weight excluding hydrogens is 537 g/mol. The number of pyridine rings is 1. The molecule has 0 radical (unpaired) electrons. The minimum absolute atomic E-state index is 0.0245. The average molecular weight is 557 g/mol. The van der Waals surface area contributed by atoms with E-state index >= 15 is 4.39 Å². The maximum absolute atomic E-state index is 15.2. The number of aromatic nitrogens is 5. The molecule has 3 N–H and O–H groups in total. The SMILES string of the molecule is CCn1c(C(O)(c2ccc(OC(F)F)cc2)c2ccccc2F)nc2nc(Cl)c(C(=O)Nc3cn[nH]c3)cc21. The van der Waals surface area contributed by atoms with Crippen molar-refractivity contribution in [2.75, 3.05) is 5.32 Å². The second-order valence-electron chi connectivity index (χ2n) is 8.38. The van der Waals surface area contributed by atoms with Gasteiger partial charge in [0, 0.05) is 18.3 Å². The fraction of sp³-hybridized carbons (Fsp3) is 0.154. The van der Waals surface area contributed by atoms with E-state index in [1.54, 1.807) is 17.6 Å². The number of aliphatic hydroxyl groups is 1. The summed E-state index contributed by atoms with van der Waals surface area (Å²) in [6.45, 7) is -1.03. The average Bonchev–Trinajstić information content (AvgIpc) is 3.55. The van der Waals surface area contributed by atoms with Crippen LogP contribution in [-0.2, 0) is 12.1 Å². The third kappa shape index (κ3) is 4.79. The van der Waals surface area contributed by atoms with E-state index in [1.165, 1.54) is 60.9 Å². The zero-order chi connectivity index (χ0) is 27.7. The van der Waals surface area contributed by atoms with Crippen LogP contribution in [0.25, 0.3) is 11.2 Å². The summed E-state index contributed by atoms with van der Waals surface area (Å²) in [5.41, 5.74) is -1.31. The van der Waals surface area contributed by atoms with Gasteiger partial charge < -0.3 is 19.7 Å². The number of alkyl halides is 2. The number of rotatable bonds is 8. The number of imidazole rings is 1. The van der Waals surface area contributed by atoms with Crippen LogP contribution >= 0.6 is 11.6 Å². The highest BCUT2D eigenvalue weighted by Gasteiger charge is 2.41. The Labute approximate surface area is 224 Å². The van der Waals surface area contributed by atoms with E-state index in [1.807, 2.05) is 0 Å². The van der Waals surface area contributed by atoms with Gasteiger partial charge in [0.15, 0.2) is 17.1 Å². The number of fused-ring (bicyclic) bond motifs is 1. The molecule has 1 amide bonds. The van der Waals surface area contributed by atoms with Crippen molar-refractivity contribution < 1.29 is 27.8 Å². The van der Waals surface area contributed by atoms with Gasteiger partial charge in [0.05, 0.1) is 23.0 Å². The lowest BCUT2D eigenvalue weighted by molar-refractivity contribution is -0.0498. The van der Waals surface area contributed by atoms with Crippen LogP contribution in [0, 0.1) is 5.82 Å². The molecule has 2 aromatic carbocycles. The van der Waals surface area contributed by atoms with Crippen LogP contribution < -0.4 is 10.1 Å². The summed E-state index contributed by atoms with van der Waals surface area (Å²) in [7, 11) is 0. The lowest BCUT2D eigenvalue weighted by atomic mass is 9.85. The van der Waals surface area contributed by atoms with E-state index in [-0.39, 0.29) is 45.6 Å². The number of nitrogens with one attached hydrogen (secondary N) is 2. The Kier molecular flexibility index (Phi) is 6.98. The number of hydrogen-bond donors (Lipinski definition) is 3. The van der Waals surface area contributed by atoms with Gasteiger partial charge >= 0.3 is 6.61 Å². The summed E-state index contributed by atoms with van der Waals surface area (Å²) in [5, 5.41) is 21.1. The zero-order valence-electron chi connectivity index (χ0n) is 20.2. The minimum Gasteiger partial charge on any atom is -0.435 e. The molecule has 0 spiro atoms. The summed E-state index contributed by atoms with van der Waals surface area (Å²) >= 11 is 6.33. The van der Waals surface area contributed by atoms with E-state index in [0.29, 0.717) is 11.2 Å². The highest BCUT2D eigenvalue weighted by atomic mass is 35.5. The summed E-state index contributed by atoms with van der Waals surface area (Å²) in [5.74, 6) is -1.45. The molecule has 0 aliphatic carbocycles. The van der Waals surface area contributed by atoms with Gasteiger partial charge in [-0.2, -0.15) is 13.9 Å². The molecule has 3 heterocycles. The Hall–Kier alpha value is -4.42. The predicted octanol–water partition coefficient (Wildman–Crippen LogP) is 5.10. The van der Waals surface area contributed by atoms with Crippen LogP contribution in [0.4, 0.5) is 18.9 Å². The fourth-order valence-electron chi connectivity index (χ4n) is 4.34. The number of aryl methyl sites for hydroxylation is 1. The molecule has 0 aliphatic rings. The Balaban J connectivity index is 1.69. The standard InChI is InChI=1S/C26H20ClF3N6O3/c1-2-36-20-11-17(23(37)33-15-12-31-32-13-15)21(27)34-22(20)35-24(36)26(38,18-5-3-4-6-19(18)28)14-7-9-16(10-8-14)39-25(29)30/h3-13,25,38H,2H2,1H3,(H,31,32)(H,33,37). The fourth-order valence-corrected chi connectivity index (χ4v) is 4.56. The smallest absolute Gasteiger partial charge is 0.387 e. The molecule has 200 valence electrons. The van der Waals surface area contributed by atoms with Gasteiger partial charge in [0.1, 0.15) is 16.7 Å². The first-order valence-electron chi connectivity index (χ1n) is 11.6. The molecule has 3 aromatic heterocycles. The van der Waals surface area contributed by atoms with Crippen molar-refractivity contribution in [3.63, 3.8) is 0 Å². The van der Waals surface area contributed by atoms with Gasteiger partial charge in [-0.1, -0.05) is 41.9 Å². The van der Waals surface area contributed by atoms with Gasteiger partial charge in [0.25, 0.3) is 5.91 Å². The van der Waals surface area contributed by atoms with Crippen LogP contribution in [0.2, 0.25) is 5.15 Å². The Morgan fingerprint density at radius 3 is 2.59 bits per heavy atom. The summed E-state index contributed by atoms with van der Waals surface area (Å²) < 4.78 is 46.6. The van der Waals surface area contributed by atoms with Crippen molar-refractivity contribution in [1.29, 1.82) is 0 Å². The number of halogens is 4. The molecule has 0 bridgehead atoms.